The van der Waals surface area contributed by atoms with Gasteiger partial charge < -0.3 is 25.4 Å². The van der Waals surface area contributed by atoms with E-state index in [0.29, 0.717) is 32.5 Å². The highest BCUT2D eigenvalue weighted by Crippen LogP contribution is 2.11. The molecule has 9 nitrogen and oxygen atoms in total. The Morgan fingerprint density at radius 2 is 1.74 bits per heavy atom. The topological polar surface area (TPSA) is 123 Å². The molecule has 1 saturated heterocycles. The lowest BCUT2D eigenvalue weighted by molar-refractivity contribution is -0.140. The molecule has 0 bridgehead atoms. The van der Waals surface area contributed by atoms with Crippen LogP contribution in [0, 0.1) is 5.92 Å². The van der Waals surface area contributed by atoms with E-state index in [-0.39, 0.29) is 24.5 Å². The van der Waals surface area contributed by atoms with Gasteiger partial charge in [-0.15, -0.1) is 0 Å². The number of rotatable bonds is 12. The van der Waals surface area contributed by atoms with Gasteiger partial charge in [0.1, 0.15) is 18.2 Å². The number of amides is 3. The number of Topliss-reactive ketones (excluding diaryl/α,β-unsaturated/α-hetero) is 1. The summed E-state index contributed by atoms with van der Waals surface area (Å²) < 4.78 is 10.5. The Morgan fingerprint density at radius 3 is 2.32 bits per heavy atom. The minimum absolute atomic E-state index is 0.0860. The Balaban J connectivity index is 2.13. The molecule has 188 valence electrons. The number of nitrogens with one attached hydrogen (secondary N) is 3. The zero-order chi connectivity index (χ0) is 25.1. The number of ketones is 1. The van der Waals surface area contributed by atoms with Gasteiger partial charge in [-0.3, -0.25) is 14.4 Å². The molecule has 2 unspecified atom stereocenters. The SMILES string of the molecule is CCC(C)NC(=O)C(=O)[C@H](Cc1ccccc1)NC(=O)[C@H](CC(C)C)NC(=O)OC1CCOC1. The minimum atomic E-state index is -1.07. The molecule has 4 atom stereocenters. The molecule has 3 amide bonds. The number of carbonyl (C=O) groups excluding carboxylic acids is 4. The van der Waals surface area contributed by atoms with Gasteiger partial charge in [-0.25, -0.2) is 4.79 Å². The Morgan fingerprint density at radius 1 is 1.03 bits per heavy atom. The summed E-state index contributed by atoms with van der Waals surface area (Å²) in [6, 6.07) is 6.97. The first-order chi connectivity index (χ1) is 16.2. The number of hydrogen-bond donors (Lipinski definition) is 3. The summed E-state index contributed by atoms with van der Waals surface area (Å²) in [5.41, 5.74) is 0.798. The van der Waals surface area contributed by atoms with Crippen LogP contribution >= 0.6 is 0 Å². The van der Waals surface area contributed by atoms with Crippen molar-refractivity contribution in [2.24, 2.45) is 5.92 Å². The molecule has 0 aliphatic carbocycles. The van der Waals surface area contributed by atoms with Gasteiger partial charge in [0.15, 0.2) is 0 Å². The van der Waals surface area contributed by atoms with Crippen LogP contribution in [0.5, 0.6) is 0 Å². The van der Waals surface area contributed by atoms with Crippen molar-refractivity contribution in [3.05, 3.63) is 35.9 Å². The zero-order valence-corrected chi connectivity index (χ0v) is 20.5. The third-order valence-corrected chi connectivity index (χ3v) is 5.61. The van der Waals surface area contributed by atoms with Gasteiger partial charge in [0.05, 0.1) is 13.2 Å². The second-order valence-corrected chi connectivity index (χ2v) is 9.12. The van der Waals surface area contributed by atoms with Gasteiger partial charge in [-0.1, -0.05) is 51.1 Å². The average molecular weight is 476 g/mol. The summed E-state index contributed by atoms with van der Waals surface area (Å²) in [5.74, 6) is -1.93. The van der Waals surface area contributed by atoms with E-state index in [1.54, 1.807) is 6.92 Å². The maximum Gasteiger partial charge on any atom is 0.408 e. The van der Waals surface area contributed by atoms with Crippen LogP contribution in [0.1, 0.15) is 52.5 Å². The highest BCUT2D eigenvalue weighted by atomic mass is 16.6. The first-order valence-electron chi connectivity index (χ1n) is 11.9. The summed E-state index contributed by atoms with van der Waals surface area (Å²) in [7, 11) is 0. The number of alkyl carbamates (subject to hydrolysis) is 1. The fourth-order valence-corrected chi connectivity index (χ4v) is 3.52. The Kier molecular flexibility index (Phi) is 11.0. The lowest BCUT2D eigenvalue weighted by Crippen LogP contribution is -2.55. The van der Waals surface area contributed by atoms with Crippen LogP contribution in [0.4, 0.5) is 4.79 Å². The molecule has 0 aromatic heterocycles. The molecule has 1 heterocycles. The van der Waals surface area contributed by atoms with E-state index in [1.165, 1.54) is 0 Å². The summed E-state index contributed by atoms with van der Waals surface area (Å²) in [6.45, 7) is 8.40. The van der Waals surface area contributed by atoms with Gasteiger partial charge in [-0.2, -0.15) is 0 Å². The molecule has 1 aromatic rings. The number of ether oxygens (including phenoxy) is 2. The quantitative estimate of drug-likeness (QED) is 0.398. The zero-order valence-electron chi connectivity index (χ0n) is 20.5. The summed E-state index contributed by atoms with van der Waals surface area (Å²) in [4.78, 5) is 51.0. The van der Waals surface area contributed by atoms with E-state index >= 15 is 0 Å². The van der Waals surface area contributed by atoms with E-state index in [9.17, 15) is 19.2 Å². The van der Waals surface area contributed by atoms with Gasteiger partial charge in [0, 0.05) is 18.9 Å². The molecule has 0 spiro atoms. The molecule has 1 aliphatic rings. The molecule has 9 heteroatoms. The minimum Gasteiger partial charge on any atom is -0.444 e. The van der Waals surface area contributed by atoms with E-state index in [4.69, 9.17) is 9.47 Å². The fraction of sp³-hybridized carbons (Fsp3) is 0.600. The van der Waals surface area contributed by atoms with Crippen LogP contribution in [-0.2, 0) is 30.3 Å². The van der Waals surface area contributed by atoms with Crippen molar-refractivity contribution in [2.75, 3.05) is 13.2 Å². The first-order valence-corrected chi connectivity index (χ1v) is 11.9. The summed E-state index contributed by atoms with van der Waals surface area (Å²) in [5, 5.41) is 7.97. The second kappa shape index (κ2) is 13.7. The molecule has 1 fully saturated rings. The number of carbonyl (C=O) groups is 4. The van der Waals surface area contributed by atoms with Crippen LogP contribution in [0.3, 0.4) is 0 Å². The second-order valence-electron chi connectivity index (χ2n) is 9.12. The van der Waals surface area contributed by atoms with E-state index in [0.717, 1.165) is 5.56 Å². The molecule has 2 rings (SSSR count). The average Bonchev–Trinajstić information content (AvgIpc) is 3.30. The van der Waals surface area contributed by atoms with Crippen molar-refractivity contribution in [3.63, 3.8) is 0 Å². The predicted octanol–water partition coefficient (Wildman–Crippen LogP) is 2.13. The van der Waals surface area contributed by atoms with Crippen LogP contribution in [0.25, 0.3) is 0 Å². The molecule has 0 saturated carbocycles. The van der Waals surface area contributed by atoms with Crippen molar-refractivity contribution in [2.45, 2.75) is 77.6 Å². The first kappa shape index (κ1) is 27.3. The largest absolute Gasteiger partial charge is 0.444 e. The third kappa shape index (κ3) is 9.13. The van der Waals surface area contributed by atoms with Crippen molar-refractivity contribution in [1.29, 1.82) is 0 Å². The van der Waals surface area contributed by atoms with Gasteiger partial charge >= 0.3 is 6.09 Å². The predicted molar refractivity (Wildman–Crippen MR) is 127 cm³/mol. The smallest absolute Gasteiger partial charge is 0.408 e. The number of hydrogen-bond acceptors (Lipinski definition) is 6. The standard InChI is InChI=1S/C25H37N3O6/c1-5-17(4)26-24(31)22(29)20(14-18-9-7-6-8-10-18)27-23(30)21(13-16(2)3)28-25(32)34-19-11-12-33-15-19/h6-10,16-17,19-21H,5,11-15H2,1-4H3,(H,26,31)(H,27,30)(H,28,32)/t17?,19?,20-,21-/m0/s1. The normalized spacial score (nSPS) is 18.0. The third-order valence-electron chi connectivity index (χ3n) is 5.61. The van der Waals surface area contributed by atoms with E-state index < -0.39 is 35.8 Å². The molecule has 0 radical (unpaired) electrons. The molecule has 34 heavy (non-hydrogen) atoms. The van der Waals surface area contributed by atoms with E-state index in [1.807, 2.05) is 51.1 Å². The van der Waals surface area contributed by atoms with Gasteiger partial charge in [-0.05, 0) is 31.2 Å². The van der Waals surface area contributed by atoms with E-state index in [2.05, 4.69) is 16.0 Å². The molecule has 1 aliphatic heterocycles. The summed E-state index contributed by atoms with van der Waals surface area (Å²) in [6.07, 6.45) is 0.706. The van der Waals surface area contributed by atoms with Crippen molar-refractivity contribution >= 4 is 23.7 Å². The fourth-order valence-electron chi connectivity index (χ4n) is 3.52. The molecule has 1 aromatic carbocycles. The van der Waals surface area contributed by atoms with Crippen molar-refractivity contribution in [3.8, 4) is 0 Å². The van der Waals surface area contributed by atoms with Crippen LogP contribution in [-0.4, -0.2) is 61.1 Å². The molecule has 3 N–H and O–H groups in total. The maximum atomic E-state index is 13.2. The van der Waals surface area contributed by atoms with Crippen LogP contribution < -0.4 is 16.0 Å². The number of benzene rings is 1. The Hall–Kier alpha value is -2.94. The van der Waals surface area contributed by atoms with Crippen LogP contribution in [0.15, 0.2) is 30.3 Å². The lowest BCUT2D eigenvalue weighted by atomic mass is 9.99. The monoisotopic (exact) mass is 475 g/mol. The van der Waals surface area contributed by atoms with Gasteiger partial charge in [0.25, 0.3) is 5.91 Å². The van der Waals surface area contributed by atoms with Crippen LogP contribution in [0.2, 0.25) is 0 Å². The maximum absolute atomic E-state index is 13.2. The summed E-state index contributed by atoms with van der Waals surface area (Å²) >= 11 is 0. The Labute approximate surface area is 201 Å². The highest BCUT2D eigenvalue weighted by Gasteiger charge is 2.32. The highest BCUT2D eigenvalue weighted by molar-refractivity contribution is 6.38. The Bertz CT molecular complexity index is 823. The molecular weight excluding hydrogens is 438 g/mol. The molecular formula is C25H37N3O6. The van der Waals surface area contributed by atoms with Crippen molar-refractivity contribution < 1.29 is 28.7 Å². The lowest BCUT2D eigenvalue weighted by Gasteiger charge is -2.24. The van der Waals surface area contributed by atoms with Crippen molar-refractivity contribution in [1.82, 2.24) is 16.0 Å². The van der Waals surface area contributed by atoms with Gasteiger partial charge in [0.2, 0.25) is 11.7 Å².